The van der Waals surface area contributed by atoms with E-state index in [2.05, 4.69) is 15.6 Å². The lowest BCUT2D eigenvalue weighted by molar-refractivity contribution is -0.112. The number of unbranched alkanes of at least 4 members (excludes halogenated alkanes) is 1. The van der Waals surface area contributed by atoms with Crippen LogP contribution in [-0.4, -0.2) is 23.5 Å². The number of hydrogen-bond donors (Lipinski definition) is 2. The van der Waals surface area contributed by atoms with Gasteiger partial charge >= 0.3 is 5.97 Å². The van der Waals surface area contributed by atoms with Gasteiger partial charge in [-0.15, -0.1) is 0 Å². The molecule has 2 N–H and O–H groups in total. The smallest absolute Gasteiger partial charge is 0.340 e. The normalized spacial score (nSPS) is 10.6. The number of pyridine rings is 1. The van der Waals surface area contributed by atoms with E-state index in [9.17, 15) is 14.9 Å². The Morgan fingerprint density at radius 2 is 2.07 bits per heavy atom. The Labute approximate surface area is 164 Å². The molecule has 1 heterocycles. The van der Waals surface area contributed by atoms with Crippen molar-refractivity contribution in [2.45, 2.75) is 26.3 Å². The average Bonchev–Trinajstić information content (AvgIpc) is 2.72. The summed E-state index contributed by atoms with van der Waals surface area (Å²) in [6, 6.07) is 12.1. The van der Waals surface area contributed by atoms with Gasteiger partial charge in [0.25, 0.3) is 5.91 Å². The molecule has 7 heteroatoms. The van der Waals surface area contributed by atoms with Gasteiger partial charge in [-0.1, -0.05) is 31.5 Å². The molecule has 0 unspecified atom stereocenters. The molecule has 1 amide bonds. The topological polar surface area (TPSA) is 104 Å². The number of benzene rings is 1. The highest BCUT2D eigenvalue weighted by Crippen LogP contribution is 2.17. The van der Waals surface area contributed by atoms with Crippen LogP contribution >= 0.6 is 0 Å². The standard InChI is InChI=1S/C21H22N4O3/c1-2-3-11-28-21(27)18-8-4-5-9-19(18)25-20(26)17(12-22)15-24-14-16-7-6-10-23-13-16/h4-10,13,15,24H,2-3,11,14H2,1H3,(H,25,26)/b17-15-. The third-order valence-corrected chi connectivity index (χ3v) is 3.77. The van der Waals surface area contributed by atoms with Gasteiger partial charge in [-0.05, 0) is 30.2 Å². The number of nitrogens with zero attached hydrogens (tertiary/aromatic N) is 2. The molecule has 0 spiro atoms. The maximum atomic E-state index is 12.4. The highest BCUT2D eigenvalue weighted by Gasteiger charge is 2.16. The van der Waals surface area contributed by atoms with Crippen molar-refractivity contribution in [3.8, 4) is 6.07 Å². The molecule has 28 heavy (non-hydrogen) atoms. The predicted molar refractivity (Wildman–Crippen MR) is 105 cm³/mol. The summed E-state index contributed by atoms with van der Waals surface area (Å²) in [5, 5.41) is 14.8. The third-order valence-electron chi connectivity index (χ3n) is 3.77. The maximum absolute atomic E-state index is 12.4. The second-order valence-corrected chi connectivity index (χ2v) is 5.90. The van der Waals surface area contributed by atoms with E-state index in [-0.39, 0.29) is 11.1 Å². The fraction of sp³-hybridized carbons (Fsp3) is 0.238. The van der Waals surface area contributed by atoms with Gasteiger partial charge in [-0.25, -0.2) is 4.79 Å². The van der Waals surface area contributed by atoms with E-state index >= 15 is 0 Å². The van der Waals surface area contributed by atoms with Gasteiger partial charge < -0.3 is 15.4 Å². The molecule has 2 rings (SSSR count). The Bertz CT molecular complexity index is 873. The first-order valence-corrected chi connectivity index (χ1v) is 8.95. The molecule has 0 saturated heterocycles. The summed E-state index contributed by atoms with van der Waals surface area (Å²) in [4.78, 5) is 28.6. The number of rotatable bonds is 9. The number of esters is 1. The van der Waals surface area contributed by atoms with Gasteiger partial charge in [0.05, 0.1) is 17.9 Å². The van der Waals surface area contributed by atoms with Crippen LogP contribution in [0.3, 0.4) is 0 Å². The number of amides is 1. The van der Waals surface area contributed by atoms with Crippen molar-refractivity contribution in [3.05, 3.63) is 71.7 Å². The third kappa shape index (κ3) is 6.25. The van der Waals surface area contributed by atoms with Crippen LogP contribution in [0.1, 0.15) is 35.7 Å². The summed E-state index contributed by atoms with van der Waals surface area (Å²) in [7, 11) is 0. The monoisotopic (exact) mass is 378 g/mol. The first kappa shape index (κ1) is 20.6. The zero-order valence-electron chi connectivity index (χ0n) is 15.6. The largest absolute Gasteiger partial charge is 0.462 e. The predicted octanol–water partition coefficient (Wildman–Crippen LogP) is 3.17. The number of para-hydroxylation sites is 1. The second-order valence-electron chi connectivity index (χ2n) is 5.90. The zero-order chi connectivity index (χ0) is 20.2. The Morgan fingerprint density at radius 3 is 2.79 bits per heavy atom. The second kappa shape index (κ2) is 11.1. The number of aromatic nitrogens is 1. The molecule has 1 aromatic carbocycles. The van der Waals surface area contributed by atoms with Gasteiger partial charge in [0, 0.05) is 25.1 Å². The lowest BCUT2D eigenvalue weighted by atomic mass is 10.1. The van der Waals surface area contributed by atoms with Gasteiger partial charge in [0.15, 0.2) is 0 Å². The van der Waals surface area contributed by atoms with Gasteiger partial charge in [0.1, 0.15) is 11.6 Å². The van der Waals surface area contributed by atoms with Crippen molar-refractivity contribution >= 4 is 17.6 Å². The molecule has 0 fully saturated rings. The van der Waals surface area contributed by atoms with Crippen molar-refractivity contribution < 1.29 is 14.3 Å². The van der Waals surface area contributed by atoms with Crippen LogP contribution in [0.25, 0.3) is 0 Å². The van der Waals surface area contributed by atoms with Crippen LogP contribution < -0.4 is 10.6 Å². The molecule has 0 aliphatic carbocycles. The lowest BCUT2D eigenvalue weighted by Crippen LogP contribution is -2.19. The summed E-state index contributed by atoms with van der Waals surface area (Å²) in [5.74, 6) is -1.13. The molecule has 0 atom stereocenters. The van der Waals surface area contributed by atoms with Gasteiger partial charge in [0.2, 0.25) is 0 Å². The summed E-state index contributed by atoms with van der Waals surface area (Å²) in [5.41, 5.74) is 1.34. The minimum atomic E-state index is -0.616. The van der Waals surface area contributed by atoms with Crippen LogP contribution in [-0.2, 0) is 16.1 Å². The maximum Gasteiger partial charge on any atom is 0.340 e. The van der Waals surface area contributed by atoms with Crippen LogP contribution in [0, 0.1) is 11.3 Å². The van der Waals surface area contributed by atoms with Crippen molar-refractivity contribution in [3.63, 3.8) is 0 Å². The minimum Gasteiger partial charge on any atom is -0.462 e. The molecule has 0 saturated carbocycles. The Kier molecular flexibility index (Phi) is 8.21. The van der Waals surface area contributed by atoms with Gasteiger partial charge in [-0.2, -0.15) is 5.26 Å². The summed E-state index contributed by atoms with van der Waals surface area (Å²) < 4.78 is 5.20. The SMILES string of the molecule is CCCCOC(=O)c1ccccc1NC(=O)/C(C#N)=C\NCc1cccnc1. The number of hydrogen-bond acceptors (Lipinski definition) is 6. The first-order valence-electron chi connectivity index (χ1n) is 8.95. The molecule has 0 bridgehead atoms. The van der Waals surface area contributed by atoms with Crippen LogP contribution in [0.5, 0.6) is 0 Å². The van der Waals surface area contributed by atoms with Crippen molar-refractivity contribution in [2.75, 3.05) is 11.9 Å². The quantitative estimate of drug-likeness (QED) is 0.301. The van der Waals surface area contributed by atoms with Crippen LogP contribution in [0.2, 0.25) is 0 Å². The van der Waals surface area contributed by atoms with E-state index in [1.54, 1.807) is 42.7 Å². The first-order chi connectivity index (χ1) is 13.7. The highest BCUT2D eigenvalue weighted by atomic mass is 16.5. The zero-order valence-corrected chi connectivity index (χ0v) is 15.6. The van der Waals surface area contributed by atoms with E-state index < -0.39 is 11.9 Å². The number of nitriles is 1. The number of anilines is 1. The van der Waals surface area contributed by atoms with Crippen molar-refractivity contribution in [1.82, 2.24) is 10.3 Å². The molecule has 1 aromatic heterocycles. The highest BCUT2D eigenvalue weighted by molar-refractivity contribution is 6.09. The molecule has 0 aliphatic heterocycles. The molecular weight excluding hydrogens is 356 g/mol. The number of ether oxygens (including phenoxy) is 1. The van der Waals surface area contributed by atoms with E-state index in [1.807, 2.05) is 19.1 Å². The minimum absolute atomic E-state index is 0.113. The van der Waals surface area contributed by atoms with Crippen LogP contribution in [0.15, 0.2) is 60.6 Å². The number of nitrogens with one attached hydrogen (secondary N) is 2. The van der Waals surface area contributed by atoms with Gasteiger partial charge in [-0.3, -0.25) is 9.78 Å². The Balaban J connectivity index is 2.03. The van der Waals surface area contributed by atoms with Crippen molar-refractivity contribution in [2.24, 2.45) is 0 Å². The van der Waals surface area contributed by atoms with E-state index in [1.165, 1.54) is 6.20 Å². The number of carbonyl (C=O) groups is 2. The Morgan fingerprint density at radius 1 is 1.25 bits per heavy atom. The molecule has 7 nitrogen and oxygen atoms in total. The molecule has 0 radical (unpaired) electrons. The molecular formula is C21H22N4O3. The van der Waals surface area contributed by atoms with Crippen molar-refractivity contribution in [1.29, 1.82) is 5.26 Å². The average molecular weight is 378 g/mol. The van der Waals surface area contributed by atoms with Crippen LogP contribution in [0.4, 0.5) is 5.69 Å². The fourth-order valence-corrected chi connectivity index (χ4v) is 2.27. The lowest BCUT2D eigenvalue weighted by Gasteiger charge is -2.10. The molecule has 2 aromatic rings. The summed E-state index contributed by atoms with van der Waals surface area (Å²) >= 11 is 0. The fourth-order valence-electron chi connectivity index (χ4n) is 2.27. The summed E-state index contributed by atoms with van der Waals surface area (Å²) in [6.45, 7) is 2.74. The summed E-state index contributed by atoms with van der Waals surface area (Å²) in [6.07, 6.45) is 6.37. The van der Waals surface area contributed by atoms with E-state index in [0.29, 0.717) is 18.8 Å². The number of carbonyl (C=O) groups excluding carboxylic acids is 2. The Hall–Kier alpha value is -3.66. The van der Waals surface area contributed by atoms with E-state index in [4.69, 9.17) is 4.74 Å². The van der Waals surface area contributed by atoms with E-state index in [0.717, 1.165) is 18.4 Å². The molecule has 0 aliphatic rings. The molecule has 144 valence electrons.